The van der Waals surface area contributed by atoms with Crippen molar-refractivity contribution in [1.82, 2.24) is 5.32 Å². The van der Waals surface area contributed by atoms with E-state index in [0.29, 0.717) is 62.9 Å². The molecule has 1 N–H and O–H groups in total. The van der Waals surface area contributed by atoms with Crippen LogP contribution in [0.25, 0.3) is 5.70 Å². The number of esters is 1. The molecule has 0 bridgehead atoms. The van der Waals surface area contributed by atoms with Crippen LogP contribution in [0.4, 0.5) is 0 Å². The van der Waals surface area contributed by atoms with Crippen LogP contribution >= 0.6 is 15.9 Å². The lowest BCUT2D eigenvalue weighted by Gasteiger charge is -2.30. The van der Waals surface area contributed by atoms with E-state index in [9.17, 15) is 9.59 Å². The van der Waals surface area contributed by atoms with Crippen LogP contribution in [0.3, 0.4) is 0 Å². The number of carbonyl (C=O) groups is 2. The summed E-state index contributed by atoms with van der Waals surface area (Å²) in [5, 5.41) is 3.29. The number of dihydropyridines is 1. The molecule has 32 heavy (non-hydrogen) atoms. The Balaban J connectivity index is 1.99. The van der Waals surface area contributed by atoms with Gasteiger partial charge >= 0.3 is 5.97 Å². The highest BCUT2D eigenvalue weighted by molar-refractivity contribution is 9.10. The predicted octanol–water partition coefficient (Wildman–Crippen LogP) is 4.99. The van der Waals surface area contributed by atoms with Crippen molar-refractivity contribution in [2.45, 2.75) is 26.7 Å². The summed E-state index contributed by atoms with van der Waals surface area (Å²) in [6.07, 6.45) is 0. The van der Waals surface area contributed by atoms with Gasteiger partial charge in [0.1, 0.15) is 11.5 Å². The van der Waals surface area contributed by atoms with Gasteiger partial charge in [0.25, 0.3) is 0 Å². The quantitative estimate of drug-likeness (QED) is 0.566. The molecule has 0 radical (unpaired) electrons. The van der Waals surface area contributed by atoms with E-state index in [1.54, 1.807) is 12.1 Å². The number of nitrogens with one attached hydrogen (secondary N) is 1. The van der Waals surface area contributed by atoms with Crippen molar-refractivity contribution < 1.29 is 23.8 Å². The Morgan fingerprint density at radius 2 is 1.72 bits per heavy atom. The van der Waals surface area contributed by atoms with Crippen molar-refractivity contribution in [3.05, 3.63) is 74.4 Å². The molecule has 2 aromatic rings. The molecule has 1 aliphatic carbocycles. The minimum Gasteiger partial charge on any atom is -0.493 e. The first-order valence-electron chi connectivity index (χ1n) is 10.5. The lowest BCUT2D eigenvalue weighted by Crippen LogP contribution is -2.29. The van der Waals surface area contributed by atoms with E-state index in [0.717, 1.165) is 5.56 Å². The van der Waals surface area contributed by atoms with Gasteiger partial charge in [-0.2, -0.15) is 0 Å². The maximum absolute atomic E-state index is 13.6. The van der Waals surface area contributed by atoms with E-state index in [1.807, 2.05) is 45.0 Å². The van der Waals surface area contributed by atoms with E-state index in [2.05, 4.69) is 21.2 Å². The van der Waals surface area contributed by atoms with Crippen LogP contribution < -0.4 is 14.8 Å². The van der Waals surface area contributed by atoms with E-state index in [-0.39, 0.29) is 5.78 Å². The average molecular weight is 498 g/mol. The third-order valence-electron chi connectivity index (χ3n) is 5.63. The summed E-state index contributed by atoms with van der Waals surface area (Å²) in [5.74, 6) is -0.0932. The van der Waals surface area contributed by atoms with Crippen molar-refractivity contribution in [3.8, 4) is 11.5 Å². The van der Waals surface area contributed by atoms with Gasteiger partial charge in [-0.05, 0) is 42.8 Å². The molecule has 4 rings (SSSR count). The summed E-state index contributed by atoms with van der Waals surface area (Å²) >= 11 is 3.58. The van der Waals surface area contributed by atoms with E-state index in [1.165, 1.54) is 7.11 Å². The zero-order chi connectivity index (χ0) is 23.0. The second-order valence-corrected chi connectivity index (χ2v) is 8.29. The molecule has 1 aliphatic heterocycles. The lowest BCUT2D eigenvalue weighted by molar-refractivity contribution is -0.136. The van der Waals surface area contributed by atoms with Crippen LogP contribution in [0.5, 0.6) is 11.5 Å². The fourth-order valence-electron chi connectivity index (χ4n) is 4.34. The highest BCUT2D eigenvalue weighted by Gasteiger charge is 2.44. The molecule has 0 saturated heterocycles. The highest BCUT2D eigenvalue weighted by atomic mass is 79.9. The zero-order valence-electron chi connectivity index (χ0n) is 18.4. The maximum Gasteiger partial charge on any atom is 0.336 e. The largest absolute Gasteiger partial charge is 0.493 e. The number of rotatable bonds is 6. The monoisotopic (exact) mass is 497 g/mol. The van der Waals surface area contributed by atoms with Crippen LogP contribution in [0.1, 0.15) is 48.2 Å². The van der Waals surface area contributed by atoms with Crippen molar-refractivity contribution in [2.24, 2.45) is 0 Å². The fourth-order valence-corrected chi connectivity index (χ4v) is 4.82. The number of allylic oxidation sites excluding steroid dienone is 2. The normalized spacial score (nSPS) is 17.0. The van der Waals surface area contributed by atoms with E-state index in [4.69, 9.17) is 14.2 Å². The number of hydrogen-bond donors (Lipinski definition) is 1. The molecule has 1 atom stereocenters. The standard InChI is InChI=1S/C25H24BrNO5/c1-5-31-18-12-19(32-6-2)17(26)11-16(18)21-20(25(29)30-4)13(3)27-23-14-9-7-8-10-15(14)24(28)22(21)23/h7-12,21,27H,5-6H2,1-4H3/t21-/m1/s1. The van der Waals surface area contributed by atoms with Gasteiger partial charge in [0.05, 0.1) is 42.0 Å². The van der Waals surface area contributed by atoms with Gasteiger partial charge < -0.3 is 19.5 Å². The molecule has 2 aromatic carbocycles. The van der Waals surface area contributed by atoms with Gasteiger partial charge in [0, 0.05) is 34.0 Å². The van der Waals surface area contributed by atoms with E-state index >= 15 is 0 Å². The number of ketones is 1. The molecule has 6 nitrogen and oxygen atoms in total. The molecule has 0 spiro atoms. The Bertz CT molecular complexity index is 1180. The van der Waals surface area contributed by atoms with Crippen LogP contribution in [-0.4, -0.2) is 32.1 Å². The van der Waals surface area contributed by atoms with Gasteiger partial charge in [-0.25, -0.2) is 4.79 Å². The number of carbonyl (C=O) groups excluding carboxylic acids is 2. The molecular formula is C25H24BrNO5. The maximum atomic E-state index is 13.6. The van der Waals surface area contributed by atoms with Gasteiger partial charge in [-0.15, -0.1) is 0 Å². The molecule has 1 heterocycles. The summed E-state index contributed by atoms with van der Waals surface area (Å²) in [4.78, 5) is 26.5. The molecule has 0 unspecified atom stereocenters. The summed E-state index contributed by atoms with van der Waals surface area (Å²) < 4.78 is 17.5. The Hall–Kier alpha value is -3.06. The summed E-state index contributed by atoms with van der Waals surface area (Å²) in [6, 6.07) is 11.1. The van der Waals surface area contributed by atoms with Crippen LogP contribution in [0, 0.1) is 0 Å². The number of halogens is 1. The van der Waals surface area contributed by atoms with Crippen molar-refractivity contribution in [1.29, 1.82) is 0 Å². The first-order chi connectivity index (χ1) is 15.4. The van der Waals surface area contributed by atoms with Crippen molar-refractivity contribution in [3.63, 3.8) is 0 Å². The van der Waals surface area contributed by atoms with Crippen LogP contribution in [-0.2, 0) is 9.53 Å². The Morgan fingerprint density at radius 3 is 2.38 bits per heavy atom. The second kappa shape index (κ2) is 8.82. The summed E-state index contributed by atoms with van der Waals surface area (Å²) in [7, 11) is 1.34. The van der Waals surface area contributed by atoms with Gasteiger partial charge in [0.15, 0.2) is 5.78 Å². The molecular weight excluding hydrogens is 474 g/mol. The summed E-state index contributed by atoms with van der Waals surface area (Å²) in [6.45, 7) is 6.52. The van der Waals surface area contributed by atoms with Crippen molar-refractivity contribution in [2.75, 3.05) is 20.3 Å². The SMILES string of the molecule is CCOc1cc(OCC)c([C@@H]2C(C(=O)OC)=C(C)NC3=C2C(=O)c2ccccc23)cc1Br. The van der Waals surface area contributed by atoms with Crippen LogP contribution in [0.2, 0.25) is 0 Å². The number of benzene rings is 2. The topological polar surface area (TPSA) is 73.9 Å². The molecule has 0 saturated carbocycles. The molecule has 0 aromatic heterocycles. The molecule has 7 heteroatoms. The number of ether oxygens (including phenoxy) is 3. The number of fused-ring (bicyclic) bond motifs is 2. The third-order valence-corrected chi connectivity index (χ3v) is 6.25. The molecule has 0 fully saturated rings. The van der Waals surface area contributed by atoms with Gasteiger partial charge in [-0.1, -0.05) is 24.3 Å². The Morgan fingerprint density at radius 1 is 1.06 bits per heavy atom. The fraction of sp³-hybridized carbons (Fsp3) is 0.280. The average Bonchev–Trinajstić information content (AvgIpc) is 3.06. The Labute approximate surface area is 195 Å². The zero-order valence-corrected chi connectivity index (χ0v) is 20.0. The van der Waals surface area contributed by atoms with Crippen LogP contribution in [0.15, 0.2) is 57.7 Å². The first-order valence-corrected chi connectivity index (χ1v) is 11.3. The first kappa shape index (κ1) is 22.1. The molecule has 0 amide bonds. The van der Waals surface area contributed by atoms with Crippen molar-refractivity contribution >= 4 is 33.4 Å². The minimum atomic E-state index is -0.660. The smallest absolute Gasteiger partial charge is 0.336 e. The third kappa shape index (κ3) is 3.50. The number of Topliss-reactive ketones (excluding diaryl/α,β-unsaturated/α-hetero) is 1. The second-order valence-electron chi connectivity index (χ2n) is 7.44. The lowest BCUT2D eigenvalue weighted by atomic mass is 9.79. The minimum absolute atomic E-state index is 0.116. The predicted molar refractivity (Wildman–Crippen MR) is 125 cm³/mol. The molecule has 166 valence electrons. The number of methoxy groups -OCH3 is 1. The summed E-state index contributed by atoms with van der Waals surface area (Å²) in [5.41, 5.74) is 4.36. The highest BCUT2D eigenvalue weighted by Crippen LogP contribution is 2.50. The van der Waals surface area contributed by atoms with Gasteiger partial charge in [0.2, 0.25) is 0 Å². The molecule has 2 aliphatic rings. The number of hydrogen-bond acceptors (Lipinski definition) is 6. The van der Waals surface area contributed by atoms with Gasteiger partial charge in [-0.3, -0.25) is 4.79 Å². The van der Waals surface area contributed by atoms with E-state index < -0.39 is 11.9 Å². The Kier molecular flexibility index (Phi) is 6.11.